The maximum Gasteiger partial charge on any atom is 0.272 e. The minimum atomic E-state index is -0.554. The summed E-state index contributed by atoms with van der Waals surface area (Å²) in [5, 5.41) is 8.07. The van der Waals surface area contributed by atoms with E-state index in [2.05, 4.69) is 29.8 Å². The van der Waals surface area contributed by atoms with E-state index in [1.165, 1.54) is 29.7 Å². The van der Waals surface area contributed by atoms with Gasteiger partial charge in [0.25, 0.3) is 11.8 Å². The predicted molar refractivity (Wildman–Crippen MR) is 180 cm³/mol. The van der Waals surface area contributed by atoms with Crippen LogP contribution in [-0.4, -0.2) is 17.7 Å². The number of nitrogens with one attached hydrogen (secondary N) is 3. The molecule has 3 N–H and O–H groups in total. The topological polar surface area (TPSA) is 100 Å². The number of furan rings is 1. The van der Waals surface area contributed by atoms with E-state index in [4.69, 9.17) is 4.42 Å². The highest BCUT2D eigenvalue weighted by Crippen LogP contribution is 2.37. The highest BCUT2D eigenvalue weighted by Gasteiger charge is 2.23. The van der Waals surface area contributed by atoms with Gasteiger partial charge in [-0.25, -0.2) is 0 Å². The largest absolute Gasteiger partial charge is 0.465 e. The van der Waals surface area contributed by atoms with Gasteiger partial charge in [0, 0.05) is 27.9 Å². The van der Waals surface area contributed by atoms with E-state index < -0.39 is 17.1 Å². The van der Waals surface area contributed by atoms with Gasteiger partial charge >= 0.3 is 0 Å². The average Bonchev–Trinajstić information content (AvgIpc) is 3.58. The van der Waals surface area contributed by atoms with E-state index in [-0.39, 0.29) is 11.6 Å². The molecule has 5 aromatic rings. The van der Waals surface area contributed by atoms with Crippen molar-refractivity contribution in [2.45, 2.75) is 29.9 Å². The number of hydrogen-bond acceptors (Lipinski definition) is 5. The van der Waals surface area contributed by atoms with E-state index in [9.17, 15) is 14.4 Å². The molecule has 1 atom stereocenters. The molecule has 0 radical (unpaired) electrons. The molecule has 0 spiro atoms. The van der Waals surface area contributed by atoms with Crippen LogP contribution in [0, 0.1) is 0 Å². The number of carbonyl (C=O) groups is 3. The van der Waals surface area contributed by atoms with Crippen molar-refractivity contribution in [3.05, 3.63) is 156 Å². The third-order valence-electron chi connectivity index (χ3n) is 6.89. The Bertz CT molecular complexity index is 1770. The van der Waals surface area contributed by atoms with Crippen molar-refractivity contribution in [1.29, 1.82) is 0 Å². The molecule has 4 aromatic carbocycles. The van der Waals surface area contributed by atoms with Gasteiger partial charge in [-0.05, 0) is 71.6 Å². The van der Waals surface area contributed by atoms with Gasteiger partial charge in [-0.1, -0.05) is 80.6 Å². The lowest BCUT2D eigenvalue weighted by atomic mass is 10.0. The highest BCUT2D eigenvalue weighted by molar-refractivity contribution is 8.00. The first kappa shape index (κ1) is 31.1. The molecule has 0 bridgehead atoms. The van der Waals surface area contributed by atoms with E-state index in [1.54, 1.807) is 54.6 Å². The number of amides is 3. The quantitative estimate of drug-likeness (QED) is 0.103. The first-order valence-electron chi connectivity index (χ1n) is 14.5. The summed E-state index contributed by atoms with van der Waals surface area (Å²) >= 11 is 1.38. The number of carbonyl (C=O) groups excluding carboxylic acids is 3. The molecule has 5 rings (SSSR count). The zero-order valence-corrected chi connectivity index (χ0v) is 25.7. The first-order chi connectivity index (χ1) is 21.9. The lowest BCUT2D eigenvalue weighted by molar-refractivity contribution is -0.116. The Morgan fingerprint density at radius 2 is 1.42 bits per heavy atom. The van der Waals surface area contributed by atoms with E-state index in [0.29, 0.717) is 22.9 Å². The summed E-state index contributed by atoms with van der Waals surface area (Å²) in [4.78, 5) is 40.7. The highest BCUT2D eigenvalue weighted by atomic mass is 32.2. The Kier molecular flexibility index (Phi) is 10.3. The summed E-state index contributed by atoms with van der Waals surface area (Å²) in [5.74, 6) is -0.311. The van der Waals surface area contributed by atoms with Crippen LogP contribution in [0.3, 0.4) is 0 Å². The SMILES string of the molecule is CC(C)c1ccc(NC(=O)C(Sc2cccc(NC(=O)/C(=C/c3ccco3)NC(=O)c3ccccc3)c2)c2ccccc2)cc1. The Labute approximate surface area is 266 Å². The zero-order chi connectivity index (χ0) is 31.6. The first-order valence-corrected chi connectivity index (χ1v) is 15.4. The monoisotopic (exact) mass is 615 g/mol. The van der Waals surface area contributed by atoms with Gasteiger partial charge in [-0.15, -0.1) is 11.8 Å². The van der Waals surface area contributed by atoms with Crippen LogP contribution in [0.2, 0.25) is 0 Å². The Balaban J connectivity index is 1.34. The summed E-state index contributed by atoms with van der Waals surface area (Å²) < 4.78 is 5.39. The van der Waals surface area contributed by atoms with Gasteiger partial charge in [-0.3, -0.25) is 14.4 Å². The lowest BCUT2D eigenvalue weighted by Gasteiger charge is -2.18. The number of benzene rings is 4. The molecule has 8 heteroatoms. The minimum absolute atomic E-state index is 0.0156. The molecule has 0 aliphatic rings. The molecule has 3 amide bonds. The predicted octanol–water partition coefficient (Wildman–Crippen LogP) is 8.28. The molecule has 226 valence electrons. The van der Waals surface area contributed by atoms with Gasteiger partial charge in [0.05, 0.1) is 6.26 Å². The maximum absolute atomic E-state index is 13.6. The molecule has 45 heavy (non-hydrogen) atoms. The van der Waals surface area contributed by atoms with Crippen molar-refractivity contribution < 1.29 is 18.8 Å². The van der Waals surface area contributed by atoms with Crippen molar-refractivity contribution in [1.82, 2.24) is 5.32 Å². The van der Waals surface area contributed by atoms with Crippen LogP contribution in [0.1, 0.15) is 52.3 Å². The van der Waals surface area contributed by atoms with Gasteiger partial charge in [0.1, 0.15) is 16.7 Å². The molecule has 0 aliphatic carbocycles. The van der Waals surface area contributed by atoms with Crippen LogP contribution in [0.25, 0.3) is 6.08 Å². The summed E-state index contributed by atoms with van der Waals surface area (Å²) in [6.45, 7) is 4.26. The molecular weight excluding hydrogens is 582 g/mol. The Morgan fingerprint density at radius 1 is 0.711 bits per heavy atom. The molecular formula is C37H33N3O4S. The second kappa shape index (κ2) is 14.9. The third kappa shape index (κ3) is 8.61. The van der Waals surface area contributed by atoms with Crippen molar-refractivity contribution in [2.75, 3.05) is 10.6 Å². The number of anilines is 2. The zero-order valence-electron chi connectivity index (χ0n) is 24.9. The smallest absolute Gasteiger partial charge is 0.272 e. The number of thioether (sulfide) groups is 1. The Morgan fingerprint density at radius 3 is 2.09 bits per heavy atom. The van der Waals surface area contributed by atoms with Crippen LogP contribution in [-0.2, 0) is 9.59 Å². The third-order valence-corrected chi connectivity index (χ3v) is 8.14. The van der Waals surface area contributed by atoms with Crippen molar-refractivity contribution >= 4 is 46.9 Å². The Hall–Kier alpha value is -5.34. The van der Waals surface area contributed by atoms with Crippen molar-refractivity contribution in [3.63, 3.8) is 0 Å². The average molecular weight is 616 g/mol. The number of rotatable bonds is 11. The summed E-state index contributed by atoms with van der Waals surface area (Å²) in [7, 11) is 0. The molecule has 0 aliphatic heterocycles. The van der Waals surface area contributed by atoms with Gasteiger partial charge in [-0.2, -0.15) is 0 Å². The fraction of sp³-hybridized carbons (Fsp3) is 0.108. The number of hydrogen-bond donors (Lipinski definition) is 3. The second-order valence-corrected chi connectivity index (χ2v) is 11.7. The van der Waals surface area contributed by atoms with Gasteiger partial charge < -0.3 is 20.4 Å². The van der Waals surface area contributed by atoms with E-state index in [0.717, 1.165) is 16.1 Å². The summed E-state index contributed by atoms with van der Waals surface area (Å²) in [6.07, 6.45) is 2.96. The molecule has 0 saturated heterocycles. The summed E-state index contributed by atoms with van der Waals surface area (Å²) in [6, 6.07) is 36.7. The normalized spacial score (nSPS) is 11.9. The van der Waals surface area contributed by atoms with E-state index in [1.807, 2.05) is 66.7 Å². The lowest BCUT2D eigenvalue weighted by Crippen LogP contribution is -2.30. The molecule has 1 aromatic heterocycles. The fourth-order valence-corrected chi connectivity index (χ4v) is 5.58. The molecule has 0 saturated carbocycles. The van der Waals surface area contributed by atoms with Gasteiger partial charge in [0.15, 0.2) is 0 Å². The molecule has 7 nitrogen and oxygen atoms in total. The maximum atomic E-state index is 13.6. The van der Waals surface area contributed by atoms with Crippen molar-refractivity contribution in [3.8, 4) is 0 Å². The van der Waals surface area contributed by atoms with Crippen LogP contribution < -0.4 is 16.0 Å². The van der Waals surface area contributed by atoms with Crippen LogP contribution in [0.15, 0.2) is 143 Å². The molecule has 1 heterocycles. The minimum Gasteiger partial charge on any atom is -0.465 e. The van der Waals surface area contributed by atoms with Crippen LogP contribution in [0.4, 0.5) is 11.4 Å². The summed E-state index contributed by atoms with van der Waals surface area (Å²) in [5.41, 5.74) is 3.70. The fourth-order valence-electron chi connectivity index (χ4n) is 4.50. The molecule has 1 unspecified atom stereocenters. The van der Waals surface area contributed by atoms with Crippen molar-refractivity contribution in [2.24, 2.45) is 0 Å². The van der Waals surface area contributed by atoms with Gasteiger partial charge in [0.2, 0.25) is 5.91 Å². The second-order valence-electron chi connectivity index (χ2n) is 10.6. The molecule has 0 fully saturated rings. The standard InChI is InChI=1S/C37H33N3O4S/c1-25(2)26-18-20-29(21-19-26)38-37(43)34(27-11-5-3-6-12-27)45-32-17-9-15-30(23-32)39-36(42)33(24-31-16-10-22-44-31)40-35(41)28-13-7-4-8-14-28/h3-25,34H,1-2H3,(H,38,43)(H,39,42)(H,40,41)/b33-24-. The van der Waals surface area contributed by atoms with E-state index >= 15 is 0 Å². The van der Waals surface area contributed by atoms with Crippen LogP contribution >= 0.6 is 11.8 Å². The van der Waals surface area contributed by atoms with Crippen LogP contribution in [0.5, 0.6) is 0 Å².